The third kappa shape index (κ3) is 8.97. The summed E-state index contributed by atoms with van der Waals surface area (Å²) in [6, 6.07) is -0.0264. The highest BCUT2D eigenvalue weighted by atomic mass is 16.5. The summed E-state index contributed by atoms with van der Waals surface area (Å²) in [4.78, 5) is 14.1. The number of carbonyl (C=O) groups excluding carboxylic acids is 1. The average Bonchev–Trinajstić information content (AvgIpc) is 2.36. The second-order valence-corrected chi connectivity index (χ2v) is 4.72. The number of hydrogen-bond acceptors (Lipinski definition) is 5. The van der Waals surface area contributed by atoms with Gasteiger partial charge in [0.1, 0.15) is 6.04 Å². The molecule has 19 heavy (non-hydrogen) atoms. The summed E-state index contributed by atoms with van der Waals surface area (Å²) in [5, 5.41) is 3.26. The molecule has 0 saturated carbocycles. The topological polar surface area (TPSA) is 50.8 Å². The normalized spacial score (nSPS) is 13.0. The lowest BCUT2D eigenvalue weighted by atomic mass is 10.2. The fourth-order valence-electron chi connectivity index (χ4n) is 1.82. The van der Waals surface area contributed by atoms with Crippen molar-refractivity contribution in [3.63, 3.8) is 0 Å². The van der Waals surface area contributed by atoms with E-state index in [1.54, 1.807) is 0 Å². The predicted octanol–water partition coefficient (Wildman–Crippen LogP) is 1.27. The lowest BCUT2D eigenvalue weighted by Crippen LogP contribution is -2.49. The molecule has 0 bridgehead atoms. The van der Waals surface area contributed by atoms with Gasteiger partial charge >= 0.3 is 5.97 Å². The third-order valence-corrected chi connectivity index (χ3v) is 2.75. The van der Waals surface area contributed by atoms with E-state index >= 15 is 0 Å². The number of carbonyl (C=O) groups is 1. The minimum atomic E-state index is -0.276. The lowest BCUT2D eigenvalue weighted by Gasteiger charge is -2.27. The molecule has 5 nitrogen and oxygen atoms in total. The molecule has 0 rings (SSSR count). The number of nitrogens with one attached hydrogen (secondary N) is 1. The van der Waals surface area contributed by atoms with E-state index < -0.39 is 0 Å². The van der Waals surface area contributed by atoms with Crippen molar-refractivity contribution in [3.8, 4) is 0 Å². The Morgan fingerprint density at radius 3 is 2.37 bits per heavy atom. The Morgan fingerprint density at radius 2 is 1.89 bits per heavy atom. The van der Waals surface area contributed by atoms with E-state index in [0.717, 1.165) is 19.7 Å². The van der Waals surface area contributed by atoms with Crippen molar-refractivity contribution in [2.24, 2.45) is 0 Å². The van der Waals surface area contributed by atoms with Gasteiger partial charge in [-0.05, 0) is 20.4 Å². The Labute approximate surface area is 117 Å². The molecule has 0 aromatic rings. The molecule has 0 spiro atoms. The molecule has 0 aromatic carbocycles. The Morgan fingerprint density at radius 1 is 1.21 bits per heavy atom. The number of esters is 1. The van der Waals surface area contributed by atoms with Crippen molar-refractivity contribution < 1.29 is 14.3 Å². The van der Waals surface area contributed by atoms with Crippen LogP contribution in [0.25, 0.3) is 0 Å². The lowest BCUT2D eigenvalue weighted by molar-refractivity contribution is -0.146. The molecular formula is C14H30N2O3. The van der Waals surface area contributed by atoms with E-state index in [2.05, 4.69) is 17.1 Å². The first-order chi connectivity index (χ1) is 9.04. The largest absolute Gasteiger partial charge is 0.465 e. The molecule has 1 unspecified atom stereocenters. The summed E-state index contributed by atoms with van der Waals surface area (Å²) >= 11 is 0. The summed E-state index contributed by atoms with van der Waals surface area (Å²) in [7, 11) is 0. The second-order valence-electron chi connectivity index (χ2n) is 4.72. The van der Waals surface area contributed by atoms with Gasteiger partial charge in [-0.15, -0.1) is 0 Å². The van der Waals surface area contributed by atoms with Crippen LogP contribution >= 0.6 is 0 Å². The molecule has 0 heterocycles. The van der Waals surface area contributed by atoms with Gasteiger partial charge in [0.05, 0.1) is 13.2 Å². The molecule has 0 radical (unpaired) electrons. The predicted molar refractivity (Wildman–Crippen MR) is 77.3 cm³/mol. The molecule has 0 aliphatic carbocycles. The van der Waals surface area contributed by atoms with Crippen molar-refractivity contribution in [1.29, 1.82) is 0 Å². The third-order valence-electron chi connectivity index (χ3n) is 2.75. The number of ether oxygens (including phenoxy) is 2. The van der Waals surface area contributed by atoms with Crippen molar-refractivity contribution in [1.82, 2.24) is 10.2 Å². The maximum absolute atomic E-state index is 11.9. The summed E-state index contributed by atoms with van der Waals surface area (Å²) in [6.07, 6.45) is 0. The zero-order chi connectivity index (χ0) is 14.7. The van der Waals surface area contributed by atoms with Gasteiger partial charge in [0.2, 0.25) is 0 Å². The van der Waals surface area contributed by atoms with Gasteiger partial charge in [0, 0.05) is 25.7 Å². The van der Waals surface area contributed by atoms with Gasteiger partial charge < -0.3 is 14.8 Å². The van der Waals surface area contributed by atoms with Gasteiger partial charge in [-0.1, -0.05) is 20.8 Å². The van der Waals surface area contributed by atoms with Crippen LogP contribution in [0.1, 0.15) is 34.6 Å². The molecule has 114 valence electrons. The van der Waals surface area contributed by atoms with Gasteiger partial charge in [-0.3, -0.25) is 9.69 Å². The van der Waals surface area contributed by atoms with Crippen LogP contribution in [0, 0.1) is 0 Å². The van der Waals surface area contributed by atoms with Crippen LogP contribution in [0.2, 0.25) is 0 Å². The first-order valence-corrected chi connectivity index (χ1v) is 7.27. The molecule has 0 aliphatic heterocycles. The van der Waals surface area contributed by atoms with Crippen LogP contribution in [0.15, 0.2) is 0 Å². The van der Waals surface area contributed by atoms with Gasteiger partial charge in [0.25, 0.3) is 0 Å². The zero-order valence-electron chi connectivity index (χ0n) is 13.1. The van der Waals surface area contributed by atoms with E-state index in [1.165, 1.54) is 0 Å². The maximum atomic E-state index is 11.9. The van der Waals surface area contributed by atoms with Gasteiger partial charge in [-0.2, -0.15) is 0 Å². The fraction of sp³-hybridized carbons (Fsp3) is 0.929. The molecule has 1 N–H and O–H groups in total. The van der Waals surface area contributed by atoms with Gasteiger partial charge in [-0.25, -0.2) is 0 Å². The number of rotatable bonds is 11. The molecule has 0 amide bonds. The maximum Gasteiger partial charge on any atom is 0.324 e. The van der Waals surface area contributed by atoms with E-state index in [4.69, 9.17) is 9.47 Å². The standard InChI is InChI=1S/C14H30N2O3/c1-6-16(9-10-18-7-2)11-13(15-12(4)5)14(17)19-8-3/h12-13,15H,6-11H2,1-5H3. The van der Waals surface area contributed by atoms with E-state index in [0.29, 0.717) is 19.8 Å². The van der Waals surface area contributed by atoms with Crippen molar-refractivity contribution in [3.05, 3.63) is 0 Å². The first kappa shape index (κ1) is 18.4. The van der Waals surface area contributed by atoms with Crippen LogP contribution in [-0.4, -0.2) is 62.4 Å². The monoisotopic (exact) mass is 274 g/mol. The summed E-state index contributed by atoms with van der Waals surface area (Å²) < 4.78 is 10.5. The number of nitrogens with zero attached hydrogens (tertiary/aromatic N) is 1. The summed E-state index contributed by atoms with van der Waals surface area (Å²) in [5.41, 5.74) is 0. The molecular weight excluding hydrogens is 244 g/mol. The highest BCUT2D eigenvalue weighted by molar-refractivity contribution is 5.76. The molecule has 0 aromatic heterocycles. The summed E-state index contributed by atoms with van der Waals surface area (Å²) in [5.74, 6) is -0.175. The van der Waals surface area contributed by atoms with Crippen LogP contribution < -0.4 is 5.32 Å². The SMILES string of the molecule is CCOCCN(CC)CC(NC(C)C)C(=O)OCC. The zero-order valence-corrected chi connectivity index (χ0v) is 13.1. The van der Waals surface area contributed by atoms with Crippen molar-refractivity contribution in [2.75, 3.05) is 39.5 Å². The quantitative estimate of drug-likeness (QED) is 0.454. The Balaban J connectivity index is 4.36. The Kier molecular flexibility index (Phi) is 10.8. The molecule has 5 heteroatoms. The smallest absolute Gasteiger partial charge is 0.324 e. The van der Waals surface area contributed by atoms with E-state index in [9.17, 15) is 4.79 Å². The number of hydrogen-bond donors (Lipinski definition) is 1. The first-order valence-electron chi connectivity index (χ1n) is 7.27. The highest BCUT2D eigenvalue weighted by Crippen LogP contribution is 1.98. The van der Waals surface area contributed by atoms with E-state index in [-0.39, 0.29) is 18.1 Å². The number of likely N-dealkylation sites (N-methyl/N-ethyl adjacent to an activating group) is 1. The second kappa shape index (κ2) is 11.2. The Bertz CT molecular complexity index is 235. The average molecular weight is 274 g/mol. The van der Waals surface area contributed by atoms with Crippen LogP contribution in [-0.2, 0) is 14.3 Å². The van der Waals surface area contributed by atoms with Gasteiger partial charge in [0.15, 0.2) is 0 Å². The summed E-state index contributed by atoms with van der Waals surface area (Å²) in [6.45, 7) is 14.2. The molecule has 0 aliphatic rings. The molecule has 1 atom stereocenters. The van der Waals surface area contributed by atoms with Crippen molar-refractivity contribution >= 4 is 5.97 Å². The minimum Gasteiger partial charge on any atom is -0.465 e. The molecule has 0 saturated heterocycles. The highest BCUT2D eigenvalue weighted by Gasteiger charge is 2.22. The van der Waals surface area contributed by atoms with Crippen LogP contribution in [0.5, 0.6) is 0 Å². The Hall–Kier alpha value is -0.650. The minimum absolute atomic E-state index is 0.175. The molecule has 0 fully saturated rings. The van der Waals surface area contributed by atoms with Crippen LogP contribution in [0.3, 0.4) is 0 Å². The van der Waals surface area contributed by atoms with Crippen LogP contribution in [0.4, 0.5) is 0 Å². The van der Waals surface area contributed by atoms with Crippen molar-refractivity contribution in [2.45, 2.75) is 46.7 Å². The fourth-order valence-corrected chi connectivity index (χ4v) is 1.82. The van der Waals surface area contributed by atoms with E-state index in [1.807, 2.05) is 27.7 Å².